The number of benzene rings is 1. The van der Waals surface area contributed by atoms with Crippen LogP contribution in [0.2, 0.25) is 0 Å². The van der Waals surface area contributed by atoms with Crippen molar-refractivity contribution in [2.45, 2.75) is 12.8 Å². The van der Waals surface area contributed by atoms with Crippen molar-refractivity contribution in [3.63, 3.8) is 0 Å². The monoisotopic (exact) mass is 264 g/mol. The van der Waals surface area contributed by atoms with Gasteiger partial charge in [-0.3, -0.25) is 4.79 Å². The van der Waals surface area contributed by atoms with Crippen LogP contribution in [0, 0.1) is 5.92 Å². The van der Waals surface area contributed by atoms with Crippen molar-refractivity contribution >= 4 is 23.3 Å². The molecule has 0 unspecified atom stereocenters. The van der Waals surface area contributed by atoms with Gasteiger partial charge in [-0.25, -0.2) is 4.79 Å². The molecule has 1 amide bonds. The lowest BCUT2D eigenvalue weighted by atomic mass is 9.99. The van der Waals surface area contributed by atoms with Crippen molar-refractivity contribution in [3.8, 4) is 0 Å². The first-order chi connectivity index (χ1) is 9.08. The number of anilines is 2. The number of aromatic carboxylic acids is 1. The van der Waals surface area contributed by atoms with E-state index in [4.69, 9.17) is 15.6 Å². The van der Waals surface area contributed by atoms with Gasteiger partial charge in [0, 0.05) is 19.1 Å². The minimum Gasteiger partial charge on any atom is -0.478 e. The fourth-order valence-electron chi connectivity index (χ4n) is 2.00. The first-order valence-electron chi connectivity index (χ1n) is 6.09. The van der Waals surface area contributed by atoms with E-state index in [9.17, 15) is 9.59 Å². The van der Waals surface area contributed by atoms with E-state index in [0.717, 1.165) is 0 Å². The van der Waals surface area contributed by atoms with Crippen LogP contribution in [0.25, 0.3) is 0 Å². The number of carboxylic acid groups (broad SMARTS) is 1. The number of nitrogens with one attached hydrogen (secondary N) is 1. The van der Waals surface area contributed by atoms with Crippen LogP contribution in [0.15, 0.2) is 18.2 Å². The van der Waals surface area contributed by atoms with Gasteiger partial charge in [-0.1, -0.05) is 0 Å². The number of nitrogen functional groups attached to an aromatic ring is 1. The van der Waals surface area contributed by atoms with Gasteiger partial charge in [0.2, 0.25) is 5.91 Å². The topological polar surface area (TPSA) is 102 Å². The summed E-state index contributed by atoms with van der Waals surface area (Å²) in [4.78, 5) is 22.8. The van der Waals surface area contributed by atoms with Crippen molar-refractivity contribution in [2.24, 2.45) is 5.92 Å². The van der Waals surface area contributed by atoms with Crippen LogP contribution in [0.1, 0.15) is 23.2 Å². The van der Waals surface area contributed by atoms with Gasteiger partial charge in [0.25, 0.3) is 0 Å². The Hall–Kier alpha value is -2.08. The molecule has 4 N–H and O–H groups in total. The van der Waals surface area contributed by atoms with Crippen molar-refractivity contribution < 1.29 is 19.4 Å². The summed E-state index contributed by atoms with van der Waals surface area (Å²) in [6.07, 6.45) is 1.39. The summed E-state index contributed by atoms with van der Waals surface area (Å²) in [5.74, 6) is -1.22. The number of hydrogen-bond acceptors (Lipinski definition) is 4. The first kappa shape index (κ1) is 13.4. The number of nitrogens with two attached hydrogens (primary N) is 1. The summed E-state index contributed by atoms with van der Waals surface area (Å²) >= 11 is 0. The standard InChI is InChI=1S/C13H16N2O4/c14-10-7-9(13(17)18)1-2-11(10)15-12(16)8-3-5-19-6-4-8/h1-2,7-8H,3-6,14H2,(H,15,16)(H,17,18). The molecule has 1 aromatic carbocycles. The van der Waals surface area contributed by atoms with Gasteiger partial charge in [-0.15, -0.1) is 0 Å². The third kappa shape index (κ3) is 3.23. The SMILES string of the molecule is Nc1cc(C(=O)O)ccc1NC(=O)C1CCOCC1. The van der Waals surface area contributed by atoms with Gasteiger partial charge < -0.3 is 20.9 Å². The van der Waals surface area contributed by atoms with E-state index in [2.05, 4.69) is 5.32 Å². The van der Waals surface area contributed by atoms with Gasteiger partial charge in [0.05, 0.1) is 16.9 Å². The molecule has 1 aromatic rings. The summed E-state index contributed by atoms with van der Waals surface area (Å²) in [6.45, 7) is 1.18. The number of amides is 1. The maximum atomic E-state index is 12.0. The van der Waals surface area contributed by atoms with Crippen LogP contribution >= 0.6 is 0 Å². The van der Waals surface area contributed by atoms with E-state index < -0.39 is 5.97 Å². The Bertz CT molecular complexity index is 495. The lowest BCUT2D eigenvalue weighted by molar-refractivity contribution is -0.122. The predicted molar refractivity (Wildman–Crippen MR) is 70.0 cm³/mol. The molecule has 0 bridgehead atoms. The highest BCUT2D eigenvalue weighted by Gasteiger charge is 2.22. The van der Waals surface area contributed by atoms with E-state index in [0.29, 0.717) is 31.7 Å². The van der Waals surface area contributed by atoms with Crippen LogP contribution in [0.5, 0.6) is 0 Å². The number of carboxylic acids is 1. The summed E-state index contributed by atoms with van der Waals surface area (Å²) in [7, 11) is 0. The van der Waals surface area contributed by atoms with Crippen molar-refractivity contribution in [2.75, 3.05) is 24.3 Å². The molecule has 102 valence electrons. The van der Waals surface area contributed by atoms with Crippen LogP contribution in [0.3, 0.4) is 0 Å². The molecule has 0 radical (unpaired) electrons. The lowest BCUT2D eigenvalue weighted by Crippen LogP contribution is -2.28. The van der Waals surface area contributed by atoms with Crippen molar-refractivity contribution in [3.05, 3.63) is 23.8 Å². The van der Waals surface area contributed by atoms with Crippen LogP contribution in [-0.4, -0.2) is 30.2 Å². The molecule has 0 aliphatic carbocycles. The molecule has 1 saturated heterocycles. The maximum absolute atomic E-state index is 12.0. The molecular weight excluding hydrogens is 248 g/mol. The first-order valence-corrected chi connectivity index (χ1v) is 6.09. The Labute approximate surface area is 110 Å². The highest BCUT2D eigenvalue weighted by Crippen LogP contribution is 2.23. The second-order valence-electron chi connectivity index (χ2n) is 4.48. The zero-order chi connectivity index (χ0) is 13.8. The second kappa shape index (κ2) is 5.71. The van der Waals surface area contributed by atoms with E-state index in [-0.39, 0.29) is 23.1 Å². The zero-order valence-electron chi connectivity index (χ0n) is 10.4. The Kier molecular flexibility index (Phi) is 4.01. The van der Waals surface area contributed by atoms with E-state index in [1.54, 1.807) is 0 Å². The molecule has 0 spiro atoms. The third-order valence-corrected chi connectivity index (χ3v) is 3.15. The van der Waals surface area contributed by atoms with Crippen molar-refractivity contribution in [1.29, 1.82) is 0 Å². The Morgan fingerprint density at radius 1 is 1.32 bits per heavy atom. The number of carbonyl (C=O) groups excluding carboxylic acids is 1. The molecule has 6 heteroatoms. The largest absolute Gasteiger partial charge is 0.478 e. The molecule has 0 saturated carbocycles. The van der Waals surface area contributed by atoms with Gasteiger partial charge in [-0.2, -0.15) is 0 Å². The molecular formula is C13H16N2O4. The van der Waals surface area contributed by atoms with E-state index >= 15 is 0 Å². The maximum Gasteiger partial charge on any atom is 0.335 e. The van der Waals surface area contributed by atoms with Crippen molar-refractivity contribution in [1.82, 2.24) is 0 Å². The second-order valence-corrected chi connectivity index (χ2v) is 4.48. The van der Waals surface area contributed by atoms with Gasteiger partial charge in [0.15, 0.2) is 0 Å². The molecule has 0 aromatic heterocycles. The van der Waals surface area contributed by atoms with Gasteiger partial charge >= 0.3 is 5.97 Å². The normalized spacial score (nSPS) is 16.0. The predicted octanol–water partition coefficient (Wildman–Crippen LogP) is 1.33. The van der Waals surface area contributed by atoms with Gasteiger partial charge in [-0.05, 0) is 31.0 Å². The van der Waals surface area contributed by atoms with E-state index in [1.165, 1.54) is 18.2 Å². The Balaban J connectivity index is 2.06. The fraction of sp³-hybridized carbons (Fsp3) is 0.385. The highest BCUT2D eigenvalue weighted by atomic mass is 16.5. The summed E-state index contributed by atoms with van der Waals surface area (Å²) in [5, 5.41) is 11.6. The summed E-state index contributed by atoms with van der Waals surface area (Å²) < 4.78 is 5.20. The van der Waals surface area contributed by atoms with E-state index in [1.807, 2.05) is 0 Å². The number of rotatable bonds is 3. The fourth-order valence-corrected chi connectivity index (χ4v) is 2.00. The Morgan fingerprint density at radius 3 is 2.58 bits per heavy atom. The summed E-state index contributed by atoms with van der Waals surface area (Å²) in [5.41, 5.74) is 6.53. The molecule has 1 aliphatic heterocycles. The third-order valence-electron chi connectivity index (χ3n) is 3.15. The van der Waals surface area contributed by atoms with Crippen LogP contribution < -0.4 is 11.1 Å². The molecule has 6 nitrogen and oxygen atoms in total. The smallest absolute Gasteiger partial charge is 0.335 e. The van der Waals surface area contributed by atoms with Crippen LogP contribution in [-0.2, 0) is 9.53 Å². The average molecular weight is 264 g/mol. The lowest BCUT2D eigenvalue weighted by Gasteiger charge is -2.21. The van der Waals surface area contributed by atoms with Crippen LogP contribution in [0.4, 0.5) is 11.4 Å². The zero-order valence-corrected chi connectivity index (χ0v) is 10.4. The number of carbonyl (C=O) groups is 2. The average Bonchev–Trinajstić information content (AvgIpc) is 2.41. The molecule has 1 fully saturated rings. The molecule has 0 atom stereocenters. The minimum absolute atomic E-state index is 0.0766. The molecule has 2 rings (SSSR count). The highest BCUT2D eigenvalue weighted by molar-refractivity contribution is 5.97. The summed E-state index contributed by atoms with van der Waals surface area (Å²) in [6, 6.07) is 4.26. The molecule has 1 heterocycles. The molecule has 19 heavy (non-hydrogen) atoms. The Morgan fingerprint density at radius 2 is 2.00 bits per heavy atom. The van der Waals surface area contributed by atoms with Gasteiger partial charge in [0.1, 0.15) is 0 Å². The number of hydrogen-bond donors (Lipinski definition) is 3. The quantitative estimate of drug-likeness (QED) is 0.715. The minimum atomic E-state index is -1.05. The number of ether oxygens (including phenoxy) is 1. The molecule has 1 aliphatic rings.